The summed E-state index contributed by atoms with van der Waals surface area (Å²) in [4.78, 5) is 2.23. The van der Waals surface area contributed by atoms with Gasteiger partial charge in [-0.1, -0.05) is 12.1 Å². The lowest BCUT2D eigenvalue weighted by Crippen LogP contribution is -2.40. The van der Waals surface area contributed by atoms with E-state index >= 15 is 0 Å². The number of halogens is 2. The summed E-state index contributed by atoms with van der Waals surface area (Å²) in [5.41, 5.74) is 2.27. The number of fused-ring (bicyclic) bond motifs is 1. The standard InChI is InChI=1S/C13H16F2N2/c14-13(15)7-5-10(6-8-13)17-9-16-11-3-1-2-4-12(11)17/h1-4,10,16H,5-9H2. The molecule has 1 aromatic rings. The molecule has 0 amide bonds. The van der Waals surface area contributed by atoms with E-state index in [0.717, 1.165) is 18.0 Å². The van der Waals surface area contributed by atoms with E-state index in [-0.39, 0.29) is 18.9 Å². The summed E-state index contributed by atoms with van der Waals surface area (Å²) in [6.45, 7) is 0.746. The maximum absolute atomic E-state index is 13.1. The Balaban J connectivity index is 1.75. The van der Waals surface area contributed by atoms with Crippen LogP contribution in [0.3, 0.4) is 0 Å². The molecule has 1 aromatic carbocycles. The summed E-state index contributed by atoms with van der Waals surface area (Å²) in [6.07, 6.45) is 1.22. The van der Waals surface area contributed by atoms with E-state index in [4.69, 9.17) is 0 Å². The number of nitrogens with zero attached hydrogens (tertiary/aromatic N) is 1. The molecule has 0 unspecified atom stereocenters. The molecule has 1 N–H and O–H groups in total. The third kappa shape index (κ3) is 1.96. The fourth-order valence-electron chi connectivity index (χ4n) is 2.79. The largest absolute Gasteiger partial charge is 0.366 e. The number of nitrogens with one attached hydrogen (secondary N) is 1. The van der Waals surface area contributed by atoms with Gasteiger partial charge in [-0.25, -0.2) is 8.78 Å². The number of alkyl halides is 2. The molecule has 0 saturated heterocycles. The fourth-order valence-corrected chi connectivity index (χ4v) is 2.79. The Morgan fingerprint density at radius 1 is 1.18 bits per heavy atom. The van der Waals surface area contributed by atoms with Crippen LogP contribution in [0.5, 0.6) is 0 Å². The van der Waals surface area contributed by atoms with Crippen molar-refractivity contribution in [1.82, 2.24) is 0 Å². The van der Waals surface area contributed by atoms with Crippen molar-refractivity contribution >= 4 is 11.4 Å². The Kier molecular flexibility index (Phi) is 2.45. The van der Waals surface area contributed by atoms with Crippen LogP contribution in [-0.4, -0.2) is 18.6 Å². The molecular formula is C13H16F2N2. The minimum Gasteiger partial charge on any atom is -0.366 e. The van der Waals surface area contributed by atoms with Crippen LogP contribution in [0.4, 0.5) is 20.2 Å². The van der Waals surface area contributed by atoms with E-state index in [1.165, 1.54) is 0 Å². The molecule has 1 heterocycles. The molecule has 1 aliphatic heterocycles. The molecule has 3 rings (SSSR count). The van der Waals surface area contributed by atoms with E-state index in [2.05, 4.69) is 16.3 Å². The molecule has 92 valence electrons. The van der Waals surface area contributed by atoms with Gasteiger partial charge in [-0.2, -0.15) is 0 Å². The van der Waals surface area contributed by atoms with E-state index in [9.17, 15) is 8.78 Å². The van der Waals surface area contributed by atoms with Gasteiger partial charge >= 0.3 is 0 Å². The molecule has 1 fully saturated rings. The first-order valence-electron chi connectivity index (χ1n) is 6.13. The van der Waals surface area contributed by atoms with Crippen molar-refractivity contribution in [3.05, 3.63) is 24.3 Å². The summed E-state index contributed by atoms with van der Waals surface area (Å²) in [5.74, 6) is -2.44. The molecule has 4 heteroatoms. The smallest absolute Gasteiger partial charge is 0.248 e. The maximum Gasteiger partial charge on any atom is 0.248 e. The normalized spacial score (nSPS) is 23.3. The lowest BCUT2D eigenvalue weighted by Gasteiger charge is -2.35. The highest BCUT2D eigenvalue weighted by Crippen LogP contribution is 2.40. The van der Waals surface area contributed by atoms with Crippen molar-refractivity contribution in [2.75, 3.05) is 16.9 Å². The molecule has 0 atom stereocenters. The number of benzene rings is 1. The first kappa shape index (κ1) is 10.8. The lowest BCUT2D eigenvalue weighted by molar-refractivity contribution is -0.0379. The van der Waals surface area contributed by atoms with Crippen LogP contribution < -0.4 is 10.2 Å². The fraction of sp³-hybridized carbons (Fsp3) is 0.538. The molecular weight excluding hydrogens is 222 g/mol. The number of anilines is 2. The number of hydrogen-bond donors (Lipinski definition) is 1. The summed E-state index contributed by atoms with van der Waals surface area (Å²) >= 11 is 0. The Hall–Kier alpha value is -1.32. The molecule has 1 aliphatic carbocycles. The second-order valence-electron chi connectivity index (χ2n) is 4.91. The van der Waals surface area contributed by atoms with Gasteiger partial charge in [0.25, 0.3) is 0 Å². The SMILES string of the molecule is FC1(F)CCC(N2CNc3ccccc32)CC1. The van der Waals surface area contributed by atoms with E-state index < -0.39 is 5.92 Å². The van der Waals surface area contributed by atoms with Crippen molar-refractivity contribution in [3.63, 3.8) is 0 Å². The van der Waals surface area contributed by atoms with Gasteiger partial charge in [0.2, 0.25) is 5.92 Å². The second-order valence-corrected chi connectivity index (χ2v) is 4.91. The van der Waals surface area contributed by atoms with Gasteiger partial charge in [0, 0.05) is 18.9 Å². The highest BCUT2D eigenvalue weighted by molar-refractivity contribution is 5.74. The minimum absolute atomic E-state index is 0.0241. The number of para-hydroxylation sites is 2. The molecule has 0 radical (unpaired) electrons. The molecule has 1 saturated carbocycles. The molecule has 0 aromatic heterocycles. The van der Waals surface area contributed by atoms with Crippen LogP contribution in [-0.2, 0) is 0 Å². The van der Waals surface area contributed by atoms with Gasteiger partial charge in [-0.15, -0.1) is 0 Å². The third-order valence-electron chi connectivity index (χ3n) is 3.78. The highest BCUT2D eigenvalue weighted by Gasteiger charge is 2.38. The quantitative estimate of drug-likeness (QED) is 0.806. The number of hydrogen-bond acceptors (Lipinski definition) is 2. The summed E-state index contributed by atoms with van der Waals surface area (Å²) in [7, 11) is 0. The summed E-state index contributed by atoms with van der Waals surface area (Å²) in [6, 6.07) is 8.33. The Morgan fingerprint density at radius 2 is 1.88 bits per heavy atom. The average molecular weight is 238 g/mol. The van der Waals surface area contributed by atoms with Gasteiger partial charge < -0.3 is 10.2 Å². The van der Waals surface area contributed by atoms with Crippen LogP contribution in [0.2, 0.25) is 0 Å². The summed E-state index contributed by atoms with van der Waals surface area (Å²) in [5, 5.41) is 3.31. The van der Waals surface area contributed by atoms with E-state index in [1.807, 2.05) is 18.2 Å². The van der Waals surface area contributed by atoms with Crippen LogP contribution in [0.25, 0.3) is 0 Å². The van der Waals surface area contributed by atoms with Crippen molar-refractivity contribution in [2.24, 2.45) is 0 Å². The first-order chi connectivity index (χ1) is 8.16. The molecule has 17 heavy (non-hydrogen) atoms. The minimum atomic E-state index is -2.44. The van der Waals surface area contributed by atoms with E-state index in [0.29, 0.717) is 12.8 Å². The highest BCUT2D eigenvalue weighted by atomic mass is 19.3. The van der Waals surface area contributed by atoms with Crippen molar-refractivity contribution in [1.29, 1.82) is 0 Å². The van der Waals surface area contributed by atoms with Crippen molar-refractivity contribution < 1.29 is 8.78 Å². The maximum atomic E-state index is 13.1. The van der Waals surface area contributed by atoms with Gasteiger partial charge in [-0.3, -0.25) is 0 Å². The molecule has 2 nitrogen and oxygen atoms in total. The van der Waals surface area contributed by atoms with Gasteiger partial charge in [0.1, 0.15) is 0 Å². The van der Waals surface area contributed by atoms with Crippen LogP contribution >= 0.6 is 0 Å². The second kappa shape index (κ2) is 3.86. The Labute approximate surface area is 99.6 Å². The zero-order valence-electron chi connectivity index (χ0n) is 9.63. The van der Waals surface area contributed by atoms with E-state index in [1.54, 1.807) is 0 Å². The third-order valence-corrected chi connectivity index (χ3v) is 3.78. The molecule has 0 spiro atoms. The molecule has 2 aliphatic rings. The zero-order chi connectivity index (χ0) is 11.9. The lowest BCUT2D eigenvalue weighted by atomic mass is 9.91. The predicted molar refractivity (Wildman–Crippen MR) is 64.6 cm³/mol. The molecule has 0 bridgehead atoms. The monoisotopic (exact) mass is 238 g/mol. The van der Waals surface area contributed by atoms with Crippen LogP contribution in [0, 0.1) is 0 Å². The summed E-state index contributed by atoms with van der Waals surface area (Å²) < 4.78 is 26.3. The van der Waals surface area contributed by atoms with Crippen molar-refractivity contribution in [3.8, 4) is 0 Å². The van der Waals surface area contributed by atoms with Crippen LogP contribution in [0.15, 0.2) is 24.3 Å². The van der Waals surface area contributed by atoms with Crippen LogP contribution in [0.1, 0.15) is 25.7 Å². The Morgan fingerprint density at radius 3 is 2.65 bits per heavy atom. The first-order valence-corrected chi connectivity index (χ1v) is 6.13. The topological polar surface area (TPSA) is 15.3 Å². The van der Waals surface area contributed by atoms with Gasteiger partial charge in [-0.05, 0) is 25.0 Å². The zero-order valence-corrected chi connectivity index (χ0v) is 9.63. The van der Waals surface area contributed by atoms with Crippen molar-refractivity contribution in [2.45, 2.75) is 37.6 Å². The average Bonchev–Trinajstić information content (AvgIpc) is 2.73. The Bertz CT molecular complexity index is 410. The van der Waals surface area contributed by atoms with Gasteiger partial charge in [0.15, 0.2) is 0 Å². The number of rotatable bonds is 1. The van der Waals surface area contributed by atoms with Gasteiger partial charge in [0.05, 0.1) is 18.0 Å². The predicted octanol–water partition coefficient (Wildman–Crippen LogP) is 3.45.